The maximum absolute atomic E-state index is 13.5. The first-order chi connectivity index (χ1) is 9.14. The number of hydrogen-bond acceptors (Lipinski definition) is 2. The van der Waals surface area contributed by atoms with Crippen molar-refractivity contribution in [1.82, 2.24) is 9.80 Å². The smallest absolute Gasteiger partial charge is 0.249 e. The number of halogens is 2. The average molecular weight is 272 g/mol. The fourth-order valence-corrected chi connectivity index (χ4v) is 4.18. The van der Waals surface area contributed by atoms with Crippen molar-refractivity contribution in [3.05, 3.63) is 0 Å². The minimum atomic E-state index is -2.41. The van der Waals surface area contributed by atoms with E-state index in [0.717, 1.165) is 25.6 Å². The predicted octanol–water partition coefficient (Wildman–Crippen LogP) is 3.12. The van der Waals surface area contributed by atoms with E-state index in [9.17, 15) is 8.78 Å². The highest BCUT2D eigenvalue weighted by Gasteiger charge is 2.39. The largest absolute Gasteiger partial charge is 0.300 e. The standard InChI is InChI=1S/C15H26F2N2/c16-15(17)7-3-4-14(12-15)19-10-5-13(6-11-19)18-8-1-2-9-18/h13-14H,1-12H2/t14-/m0/s1. The topological polar surface area (TPSA) is 6.48 Å². The summed E-state index contributed by atoms with van der Waals surface area (Å²) in [6.45, 7) is 4.57. The number of piperidine rings is 1. The van der Waals surface area contributed by atoms with Crippen LogP contribution in [0, 0.1) is 0 Å². The highest BCUT2D eigenvalue weighted by atomic mass is 19.3. The van der Waals surface area contributed by atoms with Gasteiger partial charge in [-0.2, -0.15) is 0 Å². The van der Waals surface area contributed by atoms with E-state index in [4.69, 9.17) is 0 Å². The first-order valence-electron chi connectivity index (χ1n) is 8.00. The number of alkyl halides is 2. The second-order valence-electron chi connectivity index (χ2n) is 6.62. The van der Waals surface area contributed by atoms with E-state index in [2.05, 4.69) is 9.80 Å². The normalized spacial score (nSPS) is 34.7. The van der Waals surface area contributed by atoms with Crippen molar-refractivity contribution < 1.29 is 8.78 Å². The molecule has 4 heteroatoms. The van der Waals surface area contributed by atoms with Gasteiger partial charge < -0.3 is 9.80 Å². The van der Waals surface area contributed by atoms with Crippen molar-refractivity contribution in [2.45, 2.75) is 69.4 Å². The van der Waals surface area contributed by atoms with Gasteiger partial charge >= 0.3 is 0 Å². The van der Waals surface area contributed by atoms with Crippen LogP contribution in [0.1, 0.15) is 51.4 Å². The summed E-state index contributed by atoms with van der Waals surface area (Å²) in [4.78, 5) is 4.96. The molecule has 3 aliphatic rings. The lowest BCUT2D eigenvalue weighted by Gasteiger charge is -2.43. The molecule has 0 aromatic carbocycles. The van der Waals surface area contributed by atoms with Gasteiger partial charge in [0.05, 0.1) is 0 Å². The van der Waals surface area contributed by atoms with Crippen molar-refractivity contribution in [2.75, 3.05) is 26.2 Å². The molecule has 19 heavy (non-hydrogen) atoms. The van der Waals surface area contributed by atoms with Gasteiger partial charge in [0.2, 0.25) is 5.92 Å². The first kappa shape index (κ1) is 13.7. The van der Waals surface area contributed by atoms with Gasteiger partial charge in [-0.3, -0.25) is 0 Å². The number of likely N-dealkylation sites (tertiary alicyclic amines) is 2. The molecule has 3 fully saturated rings. The summed E-state index contributed by atoms with van der Waals surface area (Å²) in [5.41, 5.74) is 0. The van der Waals surface area contributed by atoms with Crippen molar-refractivity contribution in [3.63, 3.8) is 0 Å². The zero-order valence-corrected chi connectivity index (χ0v) is 11.8. The number of rotatable bonds is 2. The van der Waals surface area contributed by atoms with Crippen LogP contribution >= 0.6 is 0 Å². The molecule has 0 N–H and O–H groups in total. The van der Waals surface area contributed by atoms with E-state index in [1.54, 1.807) is 0 Å². The van der Waals surface area contributed by atoms with Crippen molar-refractivity contribution in [1.29, 1.82) is 0 Å². The van der Waals surface area contributed by atoms with Crippen LogP contribution in [0.4, 0.5) is 8.78 Å². The van der Waals surface area contributed by atoms with E-state index < -0.39 is 5.92 Å². The van der Waals surface area contributed by atoms with E-state index in [-0.39, 0.29) is 18.9 Å². The van der Waals surface area contributed by atoms with Crippen LogP contribution in [0.5, 0.6) is 0 Å². The zero-order chi connectivity index (χ0) is 13.3. The highest BCUT2D eigenvalue weighted by Crippen LogP contribution is 2.36. The molecule has 1 atom stereocenters. The third-order valence-electron chi connectivity index (χ3n) is 5.29. The summed E-state index contributed by atoms with van der Waals surface area (Å²) in [5, 5.41) is 0. The van der Waals surface area contributed by atoms with Gasteiger partial charge in [-0.1, -0.05) is 0 Å². The summed E-state index contributed by atoms with van der Waals surface area (Å²) in [6, 6.07) is 0.867. The molecular formula is C15H26F2N2. The summed E-state index contributed by atoms with van der Waals surface area (Å²) < 4.78 is 27.0. The molecule has 0 spiro atoms. The molecule has 0 aromatic rings. The molecule has 2 saturated heterocycles. The molecule has 2 heterocycles. The summed E-state index contributed by atoms with van der Waals surface area (Å²) in [6.07, 6.45) is 6.93. The van der Waals surface area contributed by atoms with Crippen LogP contribution in [0.2, 0.25) is 0 Å². The van der Waals surface area contributed by atoms with Crippen LogP contribution in [0.25, 0.3) is 0 Å². The van der Waals surface area contributed by atoms with Gasteiger partial charge in [0.15, 0.2) is 0 Å². The van der Waals surface area contributed by atoms with Gasteiger partial charge in [0.1, 0.15) is 0 Å². The molecule has 0 amide bonds. The monoisotopic (exact) mass is 272 g/mol. The molecule has 110 valence electrons. The first-order valence-corrected chi connectivity index (χ1v) is 8.00. The van der Waals surface area contributed by atoms with E-state index in [1.807, 2.05) is 0 Å². The predicted molar refractivity (Wildman–Crippen MR) is 72.6 cm³/mol. The van der Waals surface area contributed by atoms with Crippen molar-refractivity contribution in [2.24, 2.45) is 0 Å². The molecule has 3 rings (SSSR count). The lowest BCUT2D eigenvalue weighted by Crippen LogP contribution is -2.49. The number of hydrogen-bond donors (Lipinski definition) is 0. The van der Waals surface area contributed by atoms with Crippen LogP contribution in [0.15, 0.2) is 0 Å². The highest BCUT2D eigenvalue weighted by molar-refractivity contribution is 4.89. The third kappa shape index (κ3) is 3.27. The molecule has 2 nitrogen and oxygen atoms in total. The second-order valence-corrected chi connectivity index (χ2v) is 6.62. The maximum Gasteiger partial charge on any atom is 0.249 e. The minimum Gasteiger partial charge on any atom is -0.300 e. The summed E-state index contributed by atoms with van der Waals surface area (Å²) in [7, 11) is 0. The Morgan fingerprint density at radius 1 is 0.737 bits per heavy atom. The molecule has 0 bridgehead atoms. The van der Waals surface area contributed by atoms with Crippen LogP contribution in [-0.2, 0) is 0 Å². The molecular weight excluding hydrogens is 246 g/mol. The van der Waals surface area contributed by atoms with Gasteiger partial charge in [-0.05, 0) is 64.7 Å². The van der Waals surface area contributed by atoms with Gasteiger partial charge in [-0.15, -0.1) is 0 Å². The molecule has 0 unspecified atom stereocenters. The van der Waals surface area contributed by atoms with Crippen molar-refractivity contribution in [3.8, 4) is 0 Å². The quantitative estimate of drug-likeness (QED) is 0.762. The van der Waals surface area contributed by atoms with E-state index >= 15 is 0 Å². The van der Waals surface area contributed by atoms with Gasteiger partial charge in [0, 0.05) is 24.9 Å². The lowest BCUT2D eigenvalue weighted by molar-refractivity contribution is -0.0682. The fourth-order valence-electron chi connectivity index (χ4n) is 4.18. The van der Waals surface area contributed by atoms with Crippen molar-refractivity contribution >= 4 is 0 Å². The number of nitrogens with zero attached hydrogens (tertiary/aromatic N) is 2. The summed E-state index contributed by atoms with van der Waals surface area (Å²) >= 11 is 0. The Kier molecular flexibility index (Phi) is 4.08. The lowest BCUT2D eigenvalue weighted by atomic mass is 9.89. The Balaban J connectivity index is 1.49. The van der Waals surface area contributed by atoms with E-state index in [0.29, 0.717) is 6.42 Å². The van der Waals surface area contributed by atoms with Gasteiger partial charge in [-0.25, -0.2) is 8.78 Å². The Morgan fingerprint density at radius 2 is 1.37 bits per heavy atom. The molecule has 0 aromatic heterocycles. The Labute approximate surface area is 115 Å². The molecule has 1 saturated carbocycles. The molecule has 2 aliphatic heterocycles. The Hall–Kier alpha value is -0.220. The van der Waals surface area contributed by atoms with Crippen LogP contribution in [0.3, 0.4) is 0 Å². The minimum absolute atomic E-state index is 0.0986. The Bertz CT molecular complexity index is 295. The van der Waals surface area contributed by atoms with Gasteiger partial charge in [0.25, 0.3) is 0 Å². The summed E-state index contributed by atoms with van der Waals surface area (Å²) in [5.74, 6) is -2.41. The average Bonchev–Trinajstić information content (AvgIpc) is 2.92. The second kappa shape index (κ2) is 5.65. The fraction of sp³-hybridized carbons (Fsp3) is 1.00. The third-order valence-corrected chi connectivity index (χ3v) is 5.29. The molecule has 1 aliphatic carbocycles. The van der Waals surface area contributed by atoms with Crippen LogP contribution in [-0.4, -0.2) is 54.0 Å². The molecule has 0 radical (unpaired) electrons. The SMILES string of the molecule is FC1(F)CCC[C@H](N2CCC(N3CCCC3)CC2)C1. The maximum atomic E-state index is 13.5. The zero-order valence-electron chi connectivity index (χ0n) is 11.8. The van der Waals surface area contributed by atoms with E-state index in [1.165, 1.54) is 38.8 Å². The van der Waals surface area contributed by atoms with Crippen LogP contribution < -0.4 is 0 Å². The Morgan fingerprint density at radius 3 is 2.00 bits per heavy atom.